The van der Waals surface area contributed by atoms with Gasteiger partial charge < -0.3 is 23.8 Å². The van der Waals surface area contributed by atoms with Crippen LogP contribution < -0.4 is 20.2 Å². The maximum absolute atomic E-state index is 12.2. The summed E-state index contributed by atoms with van der Waals surface area (Å²) in [5.74, 6) is 0.00800. The Labute approximate surface area is 156 Å². The zero-order valence-corrected chi connectivity index (χ0v) is 15.3. The third-order valence-corrected chi connectivity index (χ3v) is 4.50. The fourth-order valence-corrected chi connectivity index (χ4v) is 3.00. The molecule has 0 atom stereocenters. The predicted octanol–water partition coefficient (Wildman–Crippen LogP) is 2.29. The third kappa shape index (κ3) is 3.79. The Kier molecular flexibility index (Phi) is 5.16. The number of carbonyl (C=O) groups is 1. The van der Waals surface area contributed by atoms with Crippen molar-refractivity contribution in [1.82, 2.24) is 0 Å². The van der Waals surface area contributed by atoms with Gasteiger partial charge in [-0.05, 0) is 49.2 Å². The van der Waals surface area contributed by atoms with Crippen LogP contribution in [0.3, 0.4) is 0 Å². The average molecular weight is 367 g/mol. The quantitative estimate of drug-likeness (QED) is 0.621. The molecular weight excluding hydrogens is 348 g/mol. The molecular formula is C21H19O6-. The van der Waals surface area contributed by atoms with Gasteiger partial charge in [0.25, 0.3) is 0 Å². The van der Waals surface area contributed by atoms with Crippen LogP contribution in [0.4, 0.5) is 0 Å². The Bertz CT molecular complexity index is 1060. The van der Waals surface area contributed by atoms with Crippen molar-refractivity contribution < 1.29 is 23.8 Å². The number of ether oxygens (including phenoxy) is 2. The molecule has 0 aliphatic carbocycles. The van der Waals surface area contributed by atoms with Gasteiger partial charge in [-0.25, -0.2) is 4.79 Å². The second-order valence-corrected chi connectivity index (χ2v) is 6.25. The van der Waals surface area contributed by atoms with Gasteiger partial charge in [0.2, 0.25) is 0 Å². The van der Waals surface area contributed by atoms with Crippen molar-refractivity contribution in [3.8, 4) is 11.5 Å². The van der Waals surface area contributed by atoms with Gasteiger partial charge in [-0.2, -0.15) is 0 Å². The second-order valence-electron chi connectivity index (χ2n) is 6.25. The van der Waals surface area contributed by atoms with E-state index in [4.69, 9.17) is 13.9 Å². The average Bonchev–Trinajstić information content (AvgIpc) is 2.65. The van der Waals surface area contributed by atoms with Crippen molar-refractivity contribution in [3.63, 3.8) is 0 Å². The summed E-state index contributed by atoms with van der Waals surface area (Å²) in [5, 5.41) is 11.6. The van der Waals surface area contributed by atoms with Crippen LogP contribution in [0.5, 0.6) is 11.5 Å². The topological polar surface area (TPSA) is 88.8 Å². The lowest BCUT2D eigenvalue weighted by atomic mass is 10.0. The molecule has 6 nitrogen and oxygen atoms in total. The summed E-state index contributed by atoms with van der Waals surface area (Å²) in [6.07, 6.45) is -0.475. The maximum Gasteiger partial charge on any atom is 0.340 e. The van der Waals surface area contributed by atoms with Crippen molar-refractivity contribution in [2.24, 2.45) is 0 Å². The van der Waals surface area contributed by atoms with E-state index in [0.717, 1.165) is 11.3 Å². The molecule has 1 heterocycles. The molecule has 0 radical (unpaired) electrons. The van der Waals surface area contributed by atoms with E-state index in [2.05, 4.69) is 0 Å². The molecule has 0 aliphatic rings. The maximum atomic E-state index is 12.2. The molecule has 0 saturated carbocycles. The zero-order chi connectivity index (χ0) is 19.6. The van der Waals surface area contributed by atoms with E-state index in [1.165, 1.54) is 0 Å². The van der Waals surface area contributed by atoms with Crippen molar-refractivity contribution in [2.75, 3.05) is 7.11 Å². The Morgan fingerprint density at radius 1 is 1.15 bits per heavy atom. The molecule has 0 N–H and O–H groups in total. The van der Waals surface area contributed by atoms with Gasteiger partial charge in [0.05, 0.1) is 7.11 Å². The Morgan fingerprint density at radius 2 is 1.93 bits per heavy atom. The van der Waals surface area contributed by atoms with Gasteiger partial charge in [-0.1, -0.05) is 12.1 Å². The lowest BCUT2D eigenvalue weighted by Crippen LogP contribution is -2.27. The molecule has 3 rings (SSSR count). The zero-order valence-electron chi connectivity index (χ0n) is 15.3. The number of fused-ring (bicyclic) bond motifs is 1. The molecule has 0 spiro atoms. The van der Waals surface area contributed by atoms with Crippen LogP contribution >= 0.6 is 0 Å². The lowest BCUT2D eigenvalue weighted by molar-refractivity contribution is -0.304. The molecule has 0 amide bonds. The second kappa shape index (κ2) is 7.53. The summed E-state index contributed by atoms with van der Waals surface area (Å²) < 4.78 is 16.5. The van der Waals surface area contributed by atoms with Crippen LogP contribution in [0.15, 0.2) is 45.6 Å². The summed E-state index contributed by atoms with van der Waals surface area (Å²) in [7, 11) is 1.60. The molecule has 0 fully saturated rings. The molecule has 0 unspecified atom stereocenters. The standard InChI is InChI=1S/C21H20O6/c1-12-16-7-8-18(26-11-14-5-4-6-15(9-14)25-3)13(2)20(16)27-21(24)17(12)10-19(22)23/h4-9H,10-11H2,1-3H3,(H,22,23)/p-1. The summed E-state index contributed by atoms with van der Waals surface area (Å²) in [6, 6.07) is 11.1. The molecule has 27 heavy (non-hydrogen) atoms. The van der Waals surface area contributed by atoms with Crippen LogP contribution in [-0.2, 0) is 17.8 Å². The molecule has 1 aromatic heterocycles. The normalized spacial score (nSPS) is 10.8. The number of hydrogen-bond acceptors (Lipinski definition) is 6. The van der Waals surface area contributed by atoms with E-state index in [1.807, 2.05) is 24.3 Å². The summed E-state index contributed by atoms with van der Waals surface area (Å²) in [6.45, 7) is 3.83. The fraction of sp³-hybridized carbons (Fsp3) is 0.238. The van der Waals surface area contributed by atoms with Gasteiger partial charge in [0.1, 0.15) is 23.7 Å². The van der Waals surface area contributed by atoms with Crippen LogP contribution in [-0.4, -0.2) is 13.1 Å². The minimum Gasteiger partial charge on any atom is -0.550 e. The van der Waals surface area contributed by atoms with Crippen molar-refractivity contribution in [1.29, 1.82) is 0 Å². The summed E-state index contributed by atoms with van der Waals surface area (Å²) in [4.78, 5) is 23.1. The number of carbonyl (C=O) groups excluding carboxylic acids is 1. The number of carboxylic acids is 1. The first-order valence-electron chi connectivity index (χ1n) is 8.42. The highest BCUT2D eigenvalue weighted by Crippen LogP contribution is 2.30. The Morgan fingerprint density at radius 3 is 2.63 bits per heavy atom. The Balaban J connectivity index is 1.95. The minimum atomic E-state index is -1.32. The van der Waals surface area contributed by atoms with Crippen LogP contribution in [0.1, 0.15) is 22.3 Å². The van der Waals surface area contributed by atoms with Gasteiger partial charge in [-0.15, -0.1) is 0 Å². The largest absolute Gasteiger partial charge is 0.550 e. The van der Waals surface area contributed by atoms with E-state index in [-0.39, 0.29) is 5.56 Å². The first-order chi connectivity index (χ1) is 12.9. The van der Waals surface area contributed by atoms with E-state index in [1.54, 1.807) is 33.1 Å². The van der Waals surface area contributed by atoms with Gasteiger partial charge in [-0.3, -0.25) is 0 Å². The number of methoxy groups -OCH3 is 1. The van der Waals surface area contributed by atoms with E-state index < -0.39 is 18.0 Å². The molecule has 6 heteroatoms. The van der Waals surface area contributed by atoms with Gasteiger partial charge >= 0.3 is 5.63 Å². The smallest absolute Gasteiger partial charge is 0.340 e. The molecule has 140 valence electrons. The van der Waals surface area contributed by atoms with E-state index >= 15 is 0 Å². The van der Waals surface area contributed by atoms with Crippen LogP contribution in [0.2, 0.25) is 0 Å². The highest BCUT2D eigenvalue weighted by Gasteiger charge is 2.15. The third-order valence-electron chi connectivity index (χ3n) is 4.50. The first kappa shape index (κ1) is 18.5. The molecule has 3 aromatic rings. The molecule has 2 aromatic carbocycles. The lowest BCUT2D eigenvalue weighted by Gasteiger charge is -2.14. The monoisotopic (exact) mass is 367 g/mol. The van der Waals surface area contributed by atoms with Gasteiger partial charge in [0.15, 0.2) is 0 Å². The fourth-order valence-electron chi connectivity index (χ4n) is 3.00. The first-order valence-corrected chi connectivity index (χ1v) is 8.42. The number of hydrogen-bond donors (Lipinski definition) is 0. The molecule has 0 saturated heterocycles. The SMILES string of the molecule is COc1cccc(COc2ccc3c(C)c(CC(=O)[O-])c(=O)oc3c2C)c1. The number of aryl methyl sites for hydroxylation is 2. The Hall–Kier alpha value is -3.28. The molecule has 0 aliphatic heterocycles. The van der Waals surface area contributed by atoms with Crippen LogP contribution in [0, 0.1) is 13.8 Å². The number of benzene rings is 2. The number of rotatable bonds is 6. The summed E-state index contributed by atoms with van der Waals surface area (Å²) >= 11 is 0. The van der Waals surface area contributed by atoms with Crippen LogP contribution in [0.25, 0.3) is 11.0 Å². The van der Waals surface area contributed by atoms with Crippen molar-refractivity contribution in [2.45, 2.75) is 26.9 Å². The van der Waals surface area contributed by atoms with Crippen molar-refractivity contribution in [3.05, 3.63) is 69.1 Å². The highest BCUT2D eigenvalue weighted by molar-refractivity contribution is 5.86. The summed E-state index contributed by atoms with van der Waals surface area (Å²) in [5.41, 5.74) is 2.02. The number of aliphatic carboxylic acids is 1. The predicted molar refractivity (Wildman–Crippen MR) is 98.0 cm³/mol. The molecule has 0 bridgehead atoms. The highest BCUT2D eigenvalue weighted by atomic mass is 16.5. The van der Waals surface area contributed by atoms with Crippen molar-refractivity contribution >= 4 is 16.9 Å². The minimum absolute atomic E-state index is 0.104. The van der Waals surface area contributed by atoms with Gasteiger partial charge in [0, 0.05) is 28.9 Å². The van der Waals surface area contributed by atoms with E-state index in [0.29, 0.717) is 34.5 Å². The number of carboxylic acid groups (broad SMARTS) is 1. The van der Waals surface area contributed by atoms with E-state index in [9.17, 15) is 14.7 Å².